The number of benzene rings is 1. The van der Waals surface area contributed by atoms with E-state index in [4.69, 9.17) is 9.16 Å². The van der Waals surface area contributed by atoms with Crippen molar-refractivity contribution in [1.82, 2.24) is 0 Å². The Balaban J connectivity index is 2.39. The van der Waals surface area contributed by atoms with Gasteiger partial charge in [0.25, 0.3) is 0 Å². The van der Waals surface area contributed by atoms with Crippen molar-refractivity contribution >= 4 is 15.8 Å². The first-order valence-corrected chi connectivity index (χ1v) is 7.62. The quantitative estimate of drug-likeness (QED) is 0.660. The van der Waals surface area contributed by atoms with Crippen LogP contribution < -0.4 is 4.43 Å². The lowest BCUT2D eigenvalue weighted by Gasteiger charge is -2.15. The molecule has 0 aliphatic carbocycles. The highest BCUT2D eigenvalue weighted by molar-refractivity contribution is 6.30. The smallest absolute Gasteiger partial charge is 0.224 e. The Hall–Kier alpha value is -1.06. The summed E-state index contributed by atoms with van der Waals surface area (Å²) < 4.78 is 11.3. The first kappa shape index (κ1) is 14.0. The van der Waals surface area contributed by atoms with Crippen LogP contribution in [0.4, 0.5) is 0 Å². The van der Waals surface area contributed by atoms with Crippen molar-refractivity contribution < 1.29 is 9.16 Å². The van der Waals surface area contributed by atoms with Gasteiger partial charge in [0, 0.05) is 18.8 Å². The number of hydrogen-bond donors (Lipinski definition) is 0. The van der Waals surface area contributed by atoms with Gasteiger partial charge in [-0.1, -0.05) is 38.1 Å². The largest absolute Gasteiger partial charge is 0.549 e. The van der Waals surface area contributed by atoms with Crippen molar-refractivity contribution in [1.29, 1.82) is 0 Å². The lowest BCUT2D eigenvalue weighted by molar-refractivity contribution is 0.142. The molecule has 0 saturated heterocycles. The van der Waals surface area contributed by atoms with Gasteiger partial charge < -0.3 is 9.16 Å². The van der Waals surface area contributed by atoms with Gasteiger partial charge in [-0.15, -0.1) is 0 Å². The van der Waals surface area contributed by atoms with Crippen LogP contribution in [-0.4, -0.2) is 23.0 Å². The van der Waals surface area contributed by atoms with E-state index in [2.05, 4.69) is 13.5 Å². The molecule has 2 nitrogen and oxygen atoms in total. The summed E-state index contributed by atoms with van der Waals surface area (Å²) in [5.74, 6) is 0.970. The van der Waals surface area contributed by atoms with Crippen molar-refractivity contribution in [3.63, 3.8) is 0 Å². The molecule has 0 radical (unpaired) electrons. The first-order chi connectivity index (χ1) is 8.30. The molecule has 0 bridgehead atoms. The zero-order chi connectivity index (χ0) is 12.5. The summed E-state index contributed by atoms with van der Waals surface area (Å²) in [7, 11) is -0.563. The van der Waals surface area contributed by atoms with Crippen molar-refractivity contribution in [2.45, 2.75) is 25.8 Å². The van der Waals surface area contributed by atoms with Gasteiger partial charge in [-0.05, 0) is 24.6 Å². The number of hydrogen-bond acceptors (Lipinski definition) is 2. The molecule has 1 unspecified atom stereocenters. The van der Waals surface area contributed by atoms with Crippen LogP contribution in [0.2, 0.25) is 5.54 Å². The van der Waals surface area contributed by atoms with Crippen LogP contribution in [0.5, 0.6) is 5.75 Å². The second-order valence-electron chi connectivity index (χ2n) is 4.02. The first-order valence-electron chi connectivity index (χ1n) is 6.23. The molecule has 0 spiro atoms. The Morgan fingerprint density at radius 3 is 2.53 bits per heavy atom. The van der Waals surface area contributed by atoms with E-state index in [1.165, 1.54) is 0 Å². The van der Waals surface area contributed by atoms with Gasteiger partial charge >= 0.3 is 0 Å². The van der Waals surface area contributed by atoms with Crippen LogP contribution in [0.1, 0.15) is 25.8 Å². The van der Waals surface area contributed by atoms with Crippen LogP contribution >= 0.6 is 0 Å². The molecule has 0 amide bonds. The molecular formula is C14H22O2Si. The molecule has 0 aliphatic heterocycles. The highest BCUT2D eigenvalue weighted by Crippen LogP contribution is 2.16. The Bertz CT molecular complexity index is 321. The van der Waals surface area contributed by atoms with E-state index in [0.717, 1.165) is 30.9 Å². The predicted octanol–water partition coefficient (Wildman–Crippen LogP) is 3.03. The van der Waals surface area contributed by atoms with E-state index in [9.17, 15) is 0 Å². The standard InChI is InChI=1S/C14H22O2Si/c1-4-12-7-9-13(10-8-12)16-17-14(5-2)11-15-6-3/h4,7-10,14H,1,5-6,11,17H2,2-3H3. The van der Waals surface area contributed by atoms with E-state index < -0.39 is 9.76 Å². The van der Waals surface area contributed by atoms with Crippen molar-refractivity contribution in [3.8, 4) is 5.75 Å². The minimum atomic E-state index is -0.563. The maximum atomic E-state index is 5.88. The van der Waals surface area contributed by atoms with Crippen LogP contribution in [0.3, 0.4) is 0 Å². The van der Waals surface area contributed by atoms with Crippen LogP contribution in [0.25, 0.3) is 6.08 Å². The SMILES string of the molecule is C=Cc1ccc(O[SiH2]C(CC)COCC)cc1. The highest BCUT2D eigenvalue weighted by Gasteiger charge is 2.08. The summed E-state index contributed by atoms with van der Waals surface area (Å²) in [6.45, 7) is 9.59. The minimum absolute atomic E-state index is 0.563. The lowest BCUT2D eigenvalue weighted by atomic mass is 10.2. The van der Waals surface area contributed by atoms with Crippen molar-refractivity contribution in [2.75, 3.05) is 13.2 Å². The molecule has 0 aromatic heterocycles. The van der Waals surface area contributed by atoms with E-state index in [0.29, 0.717) is 5.54 Å². The average Bonchev–Trinajstić information content (AvgIpc) is 2.39. The molecular weight excluding hydrogens is 228 g/mol. The van der Waals surface area contributed by atoms with Gasteiger partial charge in [0.1, 0.15) is 5.75 Å². The topological polar surface area (TPSA) is 18.5 Å². The Morgan fingerprint density at radius 2 is 2.00 bits per heavy atom. The molecule has 94 valence electrons. The minimum Gasteiger partial charge on any atom is -0.549 e. The Morgan fingerprint density at radius 1 is 1.29 bits per heavy atom. The second-order valence-corrected chi connectivity index (χ2v) is 5.79. The molecule has 1 atom stereocenters. The second kappa shape index (κ2) is 8.09. The maximum absolute atomic E-state index is 5.88. The number of ether oxygens (including phenoxy) is 1. The average molecular weight is 250 g/mol. The molecule has 1 aromatic carbocycles. The third kappa shape index (κ3) is 5.19. The lowest BCUT2D eigenvalue weighted by Crippen LogP contribution is -2.15. The molecule has 0 N–H and O–H groups in total. The summed E-state index contributed by atoms with van der Waals surface area (Å²) in [5.41, 5.74) is 1.73. The predicted molar refractivity (Wildman–Crippen MR) is 76.2 cm³/mol. The van der Waals surface area contributed by atoms with Gasteiger partial charge in [0.05, 0.1) is 0 Å². The van der Waals surface area contributed by atoms with Gasteiger partial charge in [0.2, 0.25) is 9.76 Å². The van der Waals surface area contributed by atoms with Gasteiger partial charge in [-0.3, -0.25) is 0 Å². The third-order valence-corrected chi connectivity index (χ3v) is 4.52. The zero-order valence-corrected chi connectivity index (χ0v) is 12.2. The molecule has 0 saturated carbocycles. The van der Waals surface area contributed by atoms with E-state index in [1.54, 1.807) is 0 Å². The summed E-state index contributed by atoms with van der Waals surface area (Å²) >= 11 is 0. The van der Waals surface area contributed by atoms with E-state index in [1.807, 2.05) is 37.3 Å². The summed E-state index contributed by atoms with van der Waals surface area (Å²) in [6.07, 6.45) is 2.97. The number of rotatable bonds is 8. The van der Waals surface area contributed by atoms with Crippen LogP contribution in [0, 0.1) is 0 Å². The Labute approximate surface area is 107 Å². The third-order valence-electron chi connectivity index (χ3n) is 2.74. The van der Waals surface area contributed by atoms with Crippen molar-refractivity contribution in [3.05, 3.63) is 36.4 Å². The maximum Gasteiger partial charge on any atom is 0.224 e. The van der Waals surface area contributed by atoms with Gasteiger partial charge in [-0.25, -0.2) is 0 Å². The highest BCUT2D eigenvalue weighted by atomic mass is 28.2. The molecule has 1 aromatic rings. The summed E-state index contributed by atoms with van der Waals surface area (Å²) in [5, 5.41) is 0. The normalized spacial score (nSPS) is 12.8. The fourth-order valence-corrected chi connectivity index (χ4v) is 2.60. The van der Waals surface area contributed by atoms with Crippen LogP contribution in [0.15, 0.2) is 30.8 Å². The molecule has 0 fully saturated rings. The summed E-state index contributed by atoms with van der Waals surface area (Å²) in [4.78, 5) is 0. The van der Waals surface area contributed by atoms with E-state index in [-0.39, 0.29) is 0 Å². The monoisotopic (exact) mass is 250 g/mol. The molecule has 17 heavy (non-hydrogen) atoms. The fourth-order valence-electron chi connectivity index (χ4n) is 1.48. The van der Waals surface area contributed by atoms with E-state index >= 15 is 0 Å². The summed E-state index contributed by atoms with van der Waals surface area (Å²) in [6, 6.07) is 8.08. The van der Waals surface area contributed by atoms with Gasteiger partial charge in [0.15, 0.2) is 0 Å². The van der Waals surface area contributed by atoms with Gasteiger partial charge in [-0.2, -0.15) is 0 Å². The van der Waals surface area contributed by atoms with Crippen molar-refractivity contribution in [2.24, 2.45) is 0 Å². The molecule has 3 heteroatoms. The molecule has 1 rings (SSSR count). The fraction of sp³-hybridized carbons (Fsp3) is 0.429. The van der Waals surface area contributed by atoms with Crippen LogP contribution in [-0.2, 0) is 4.74 Å². The molecule has 0 aliphatic rings. The molecule has 0 heterocycles. The zero-order valence-electron chi connectivity index (χ0n) is 10.8. The Kier molecular flexibility index (Phi) is 6.66.